The molecule has 8 heteroatoms. The predicted octanol–water partition coefficient (Wildman–Crippen LogP) is 6.23. The lowest BCUT2D eigenvalue weighted by Crippen LogP contribution is -2.20. The monoisotopic (exact) mass is 517 g/mol. The van der Waals surface area contributed by atoms with Gasteiger partial charge in [-0.3, -0.25) is 9.59 Å². The van der Waals surface area contributed by atoms with Crippen molar-refractivity contribution >= 4 is 40.9 Å². The molecule has 0 aliphatic carbocycles. The van der Waals surface area contributed by atoms with E-state index in [9.17, 15) is 14.9 Å². The number of anilines is 2. The van der Waals surface area contributed by atoms with Gasteiger partial charge in [-0.05, 0) is 80.8 Å². The van der Waals surface area contributed by atoms with Crippen LogP contribution in [0.1, 0.15) is 29.2 Å². The zero-order valence-electron chi connectivity index (χ0n) is 21.1. The molecule has 0 spiro atoms. The molecule has 3 rings (SSSR count). The van der Waals surface area contributed by atoms with Gasteiger partial charge in [-0.2, -0.15) is 5.26 Å². The molecule has 3 aromatic rings. The van der Waals surface area contributed by atoms with E-state index in [4.69, 9.17) is 21.1 Å². The fourth-order valence-electron chi connectivity index (χ4n) is 3.59. The molecule has 0 fully saturated rings. The SMILES string of the molecule is CCOc1cc(/C=C(\C#N)C(=O)Nc2ccc(C)cc2C)cc(Cl)c1OCC(=O)Nc1cccc(C)c1. The number of rotatable bonds is 9. The Morgan fingerprint density at radius 3 is 2.43 bits per heavy atom. The summed E-state index contributed by atoms with van der Waals surface area (Å²) in [5, 5.41) is 15.3. The van der Waals surface area contributed by atoms with Gasteiger partial charge in [0.1, 0.15) is 11.6 Å². The second-order valence-corrected chi connectivity index (χ2v) is 8.82. The third kappa shape index (κ3) is 7.60. The van der Waals surface area contributed by atoms with Crippen LogP contribution in [0, 0.1) is 32.1 Å². The third-order valence-electron chi connectivity index (χ3n) is 5.29. The molecule has 37 heavy (non-hydrogen) atoms. The van der Waals surface area contributed by atoms with Crippen molar-refractivity contribution in [3.8, 4) is 17.6 Å². The fourth-order valence-corrected chi connectivity index (χ4v) is 3.86. The Bertz CT molecular complexity index is 1390. The minimum Gasteiger partial charge on any atom is -0.490 e. The summed E-state index contributed by atoms with van der Waals surface area (Å²) >= 11 is 6.46. The van der Waals surface area contributed by atoms with Crippen molar-refractivity contribution in [1.82, 2.24) is 0 Å². The first-order valence-electron chi connectivity index (χ1n) is 11.7. The van der Waals surface area contributed by atoms with Crippen molar-refractivity contribution in [3.05, 3.63) is 87.4 Å². The maximum Gasteiger partial charge on any atom is 0.266 e. The van der Waals surface area contributed by atoms with E-state index in [0.717, 1.165) is 16.7 Å². The Morgan fingerprint density at radius 1 is 1.00 bits per heavy atom. The van der Waals surface area contributed by atoms with Gasteiger partial charge in [-0.1, -0.05) is 41.4 Å². The van der Waals surface area contributed by atoms with Crippen LogP contribution in [0.4, 0.5) is 11.4 Å². The number of carbonyl (C=O) groups excluding carboxylic acids is 2. The number of halogens is 1. The van der Waals surface area contributed by atoms with Crippen LogP contribution in [0.2, 0.25) is 5.02 Å². The summed E-state index contributed by atoms with van der Waals surface area (Å²) in [6.07, 6.45) is 1.42. The van der Waals surface area contributed by atoms with Crippen molar-refractivity contribution in [2.75, 3.05) is 23.8 Å². The van der Waals surface area contributed by atoms with E-state index in [1.54, 1.807) is 31.2 Å². The van der Waals surface area contributed by atoms with Crippen molar-refractivity contribution in [2.24, 2.45) is 0 Å². The number of benzene rings is 3. The molecule has 0 bridgehead atoms. The van der Waals surface area contributed by atoms with Crippen molar-refractivity contribution in [2.45, 2.75) is 27.7 Å². The number of hydrogen-bond donors (Lipinski definition) is 2. The lowest BCUT2D eigenvalue weighted by Gasteiger charge is -2.15. The molecule has 0 atom stereocenters. The molecule has 7 nitrogen and oxygen atoms in total. The number of ether oxygens (including phenoxy) is 2. The summed E-state index contributed by atoms with van der Waals surface area (Å²) in [6.45, 7) is 7.59. The maximum atomic E-state index is 12.8. The average molecular weight is 518 g/mol. The van der Waals surface area contributed by atoms with Crippen molar-refractivity contribution < 1.29 is 19.1 Å². The van der Waals surface area contributed by atoms with Gasteiger partial charge in [0.2, 0.25) is 0 Å². The Kier molecular flexibility index (Phi) is 9.31. The zero-order chi connectivity index (χ0) is 26.9. The Hall–Kier alpha value is -4.28. The number of nitrogens with zero attached hydrogens (tertiary/aromatic N) is 1. The molecular weight excluding hydrogens is 490 g/mol. The van der Waals surface area contributed by atoms with Crippen LogP contribution in [-0.2, 0) is 9.59 Å². The van der Waals surface area contributed by atoms with Crippen LogP contribution in [0.15, 0.2) is 60.2 Å². The van der Waals surface area contributed by atoms with E-state index in [-0.39, 0.29) is 34.6 Å². The van der Waals surface area contributed by atoms with Gasteiger partial charge >= 0.3 is 0 Å². The van der Waals surface area contributed by atoms with Crippen LogP contribution in [-0.4, -0.2) is 25.0 Å². The maximum absolute atomic E-state index is 12.8. The van der Waals surface area contributed by atoms with Gasteiger partial charge in [-0.25, -0.2) is 0 Å². The number of hydrogen-bond acceptors (Lipinski definition) is 5. The summed E-state index contributed by atoms with van der Waals surface area (Å²) in [7, 11) is 0. The molecule has 0 aliphatic rings. The highest BCUT2D eigenvalue weighted by Gasteiger charge is 2.16. The second-order valence-electron chi connectivity index (χ2n) is 8.41. The van der Waals surface area contributed by atoms with E-state index < -0.39 is 5.91 Å². The van der Waals surface area contributed by atoms with E-state index >= 15 is 0 Å². The predicted molar refractivity (Wildman–Crippen MR) is 146 cm³/mol. The minimum absolute atomic E-state index is 0.107. The van der Waals surface area contributed by atoms with Crippen LogP contribution in [0.25, 0.3) is 6.08 Å². The molecule has 2 N–H and O–H groups in total. The highest BCUT2D eigenvalue weighted by atomic mass is 35.5. The standard InChI is InChI=1S/C29H28ClN3O4/c1-5-36-26-15-21(13-22(16-31)29(35)33-25-10-9-19(3)11-20(25)4)14-24(30)28(26)37-17-27(34)32-23-8-6-7-18(2)12-23/h6-15H,5,17H2,1-4H3,(H,32,34)(H,33,35)/b22-13+. The normalized spacial score (nSPS) is 10.9. The quantitative estimate of drug-likeness (QED) is 0.259. The Morgan fingerprint density at radius 2 is 1.76 bits per heavy atom. The number of carbonyl (C=O) groups is 2. The van der Waals surface area contributed by atoms with E-state index in [1.807, 2.05) is 57.2 Å². The van der Waals surface area contributed by atoms with E-state index in [2.05, 4.69) is 10.6 Å². The first-order valence-corrected chi connectivity index (χ1v) is 12.0. The highest BCUT2D eigenvalue weighted by molar-refractivity contribution is 6.32. The molecule has 0 radical (unpaired) electrons. The van der Waals surface area contributed by atoms with Gasteiger partial charge in [0.05, 0.1) is 11.6 Å². The first kappa shape index (κ1) is 27.3. The summed E-state index contributed by atoms with van der Waals surface area (Å²) in [4.78, 5) is 25.1. The third-order valence-corrected chi connectivity index (χ3v) is 5.57. The molecule has 190 valence electrons. The summed E-state index contributed by atoms with van der Waals surface area (Å²) in [5.41, 5.74) is 4.62. The number of nitriles is 1. The summed E-state index contributed by atoms with van der Waals surface area (Å²) < 4.78 is 11.4. The largest absolute Gasteiger partial charge is 0.490 e. The molecular formula is C29H28ClN3O4. The van der Waals surface area contributed by atoms with Crippen LogP contribution in [0.3, 0.4) is 0 Å². The lowest BCUT2D eigenvalue weighted by atomic mass is 10.1. The Labute approximate surface area is 221 Å². The van der Waals surface area contributed by atoms with Gasteiger partial charge in [0.25, 0.3) is 11.8 Å². The lowest BCUT2D eigenvalue weighted by molar-refractivity contribution is -0.118. The average Bonchev–Trinajstić information content (AvgIpc) is 2.84. The zero-order valence-corrected chi connectivity index (χ0v) is 21.9. The topological polar surface area (TPSA) is 100 Å². The van der Waals surface area contributed by atoms with Gasteiger partial charge in [0, 0.05) is 11.4 Å². The number of nitrogens with one attached hydrogen (secondary N) is 2. The van der Waals surface area contributed by atoms with E-state index in [1.165, 1.54) is 6.08 Å². The number of amides is 2. The van der Waals surface area contributed by atoms with Crippen LogP contribution < -0.4 is 20.1 Å². The summed E-state index contributed by atoms with van der Waals surface area (Å²) in [6, 6.07) is 18.1. The van der Waals surface area contributed by atoms with Gasteiger partial charge < -0.3 is 20.1 Å². The molecule has 0 saturated heterocycles. The van der Waals surface area contributed by atoms with Gasteiger partial charge in [-0.15, -0.1) is 0 Å². The molecule has 0 saturated carbocycles. The molecule has 0 unspecified atom stereocenters. The molecule has 0 aliphatic heterocycles. The van der Waals surface area contributed by atoms with Crippen molar-refractivity contribution in [3.63, 3.8) is 0 Å². The molecule has 3 aromatic carbocycles. The molecule has 0 aromatic heterocycles. The smallest absolute Gasteiger partial charge is 0.266 e. The molecule has 2 amide bonds. The summed E-state index contributed by atoms with van der Waals surface area (Å²) in [5.74, 6) is -0.422. The van der Waals surface area contributed by atoms with Crippen LogP contribution >= 0.6 is 11.6 Å². The Balaban J connectivity index is 1.78. The van der Waals surface area contributed by atoms with Gasteiger partial charge in [0.15, 0.2) is 18.1 Å². The number of aryl methyl sites for hydroxylation is 3. The molecule has 0 heterocycles. The first-order chi connectivity index (χ1) is 17.7. The van der Waals surface area contributed by atoms with E-state index in [0.29, 0.717) is 23.5 Å². The second kappa shape index (κ2) is 12.6. The fraction of sp³-hybridized carbons (Fsp3) is 0.207. The minimum atomic E-state index is -0.545. The van der Waals surface area contributed by atoms with Crippen LogP contribution in [0.5, 0.6) is 11.5 Å². The highest BCUT2D eigenvalue weighted by Crippen LogP contribution is 2.37. The van der Waals surface area contributed by atoms with Crippen molar-refractivity contribution in [1.29, 1.82) is 5.26 Å².